The van der Waals surface area contributed by atoms with Gasteiger partial charge in [0.2, 0.25) is 0 Å². The summed E-state index contributed by atoms with van der Waals surface area (Å²) >= 11 is 0. The number of nitrogens with zero attached hydrogens (tertiary/aromatic N) is 5. The second-order valence-corrected chi connectivity index (χ2v) is 6.95. The average molecular weight is 385 g/mol. The Kier molecular flexibility index (Phi) is 6.60. The summed E-state index contributed by atoms with van der Waals surface area (Å²) in [5.74, 6) is -0.281. The van der Waals surface area contributed by atoms with Gasteiger partial charge in [-0.25, -0.2) is 5.01 Å². The van der Waals surface area contributed by atoms with Crippen LogP contribution in [-0.2, 0) is 11.2 Å². The highest BCUT2D eigenvalue weighted by molar-refractivity contribution is 6.14. The summed E-state index contributed by atoms with van der Waals surface area (Å²) in [6, 6.07) is 21.8. The molecule has 2 aromatic carbocycles. The fourth-order valence-corrected chi connectivity index (χ4v) is 3.41. The Bertz CT molecular complexity index is 936. The number of nitriles is 2. The maximum atomic E-state index is 12.9. The molecule has 1 atom stereocenters. The maximum absolute atomic E-state index is 12.9. The maximum Gasteiger partial charge on any atom is 0.256 e. The van der Waals surface area contributed by atoms with Crippen LogP contribution in [0.1, 0.15) is 25.3 Å². The van der Waals surface area contributed by atoms with Gasteiger partial charge in [-0.1, -0.05) is 30.3 Å². The lowest BCUT2D eigenvalue weighted by Crippen LogP contribution is -2.28. The molecule has 0 aliphatic carbocycles. The van der Waals surface area contributed by atoms with Crippen LogP contribution < -0.4 is 9.91 Å². The number of hydrogen-bond acceptors (Lipinski definition) is 5. The predicted molar refractivity (Wildman–Crippen MR) is 113 cm³/mol. The molecule has 1 heterocycles. The first kappa shape index (κ1) is 20.1. The second-order valence-electron chi connectivity index (χ2n) is 6.95. The second kappa shape index (κ2) is 9.52. The molecule has 0 saturated heterocycles. The fourth-order valence-electron chi connectivity index (χ4n) is 3.41. The minimum Gasteiger partial charge on any atom is -0.369 e. The number of anilines is 2. The van der Waals surface area contributed by atoms with Crippen LogP contribution in [0.25, 0.3) is 0 Å². The van der Waals surface area contributed by atoms with Crippen LogP contribution in [0.3, 0.4) is 0 Å². The smallest absolute Gasteiger partial charge is 0.256 e. The molecule has 0 aromatic heterocycles. The van der Waals surface area contributed by atoms with Crippen LogP contribution in [0.15, 0.2) is 59.7 Å². The number of benzene rings is 2. The average Bonchev–Trinajstić information content (AvgIpc) is 3.03. The van der Waals surface area contributed by atoms with Crippen LogP contribution in [0, 0.1) is 28.6 Å². The standard InChI is InChI=1S/C23H23N5O/c1-18-22(23(29)28(26-18)21-7-3-2-4-8-21)17-19-9-11-20(12-10-19)27(15-5-13-24)16-6-14-25/h2-4,7-12,22H,5-6,15-17H2,1H3. The SMILES string of the molecule is CC1=NN(c2ccccc2)C(=O)C1Cc1ccc(N(CCC#N)CCC#N)cc1. The molecule has 1 unspecified atom stereocenters. The summed E-state index contributed by atoms with van der Waals surface area (Å²) in [5.41, 5.74) is 3.62. The monoisotopic (exact) mass is 385 g/mol. The molecule has 146 valence electrons. The molecule has 0 radical (unpaired) electrons. The number of amides is 1. The molecule has 3 rings (SSSR count). The fraction of sp³-hybridized carbons (Fsp3) is 0.304. The van der Waals surface area contributed by atoms with E-state index in [9.17, 15) is 4.79 Å². The highest BCUT2D eigenvalue weighted by Crippen LogP contribution is 2.26. The van der Waals surface area contributed by atoms with Crippen molar-refractivity contribution in [2.24, 2.45) is 11.0 Å². The largest absolute Gasteiger partial charge is 0.369 e. The number of hydrogen-bond donors (Lipinski definition) is 0. The van der Waals surface area contributed by atoms with Crippen LogP contribution in [0.5, 0.6) is 0 Å². The first-order valence-electron chi connectivity index (χ1n) is 9.66. The van der Waals surface area contributed by atoms with Gasteiger partial charge in [-0.2, -0.15) is 15.6 Å². The molecule has 0 fully saturated rings. The molecule has 6 heteroatoms. The van der Waals surface area contributed by atoms with Crippen LogP contribution in [0.4, 0.5) is 11.4 Å². The number of hydrazone groups is 1. The van der Waals surface area contributed by atoms with Gasteiger partial charge in [0.05, 0.1) is 36.6 Å². The third-order valence-corrected chi connectivity index (χ3v) is 5.00. The van der Waals surface area contributed by atoms with Gasteiger partial charge in [-0.15, -0.1) is 0 Å². The summed E-state index contributed by atoms with van der Waals surface area (Å²) < 4.78 is 0. The molecule has 1 aliphatic heterocycles. The number of rotatable bonds is 8. The van der Waals surface area contributed by atoms with Gasteiger partial charge in [0, 0.05) is 24.5 Å². The van der Waals surface area contributed by atoms with Crippen molar-refractivity contribution in [3.63, 3.8) is 0 Å². The molecular weight excluding hydrogens is 362 g/mol. The lowest BCUT2D eigenvalue weighted by atomic mass is 9.95. The summed E-state index contributed by atoms with van der Waals surface area (Å²) in [6.07, 6.45) is 1.41. The first-order chi connectivity index (χ1) is 14.1. The van der Waals surface area contributed by atoms with Crippen molar-refractivity contribution < 1.29 is 4.79 Å². The predicted octanol–water partition coefficient (Wildman–Crippen LogP) is 3.90. The van der Waals surface area contributed by atoms with Gasteiger partial charge in [-0.05, 0) is 43.2 Å². The third kappa shape index (κ3) is 4.80. The molecule has 1 aliphatic rings. The van der Waals surface area contributed by atoms with Gasteiger partial charge in [-0.3, -0.25) is 4.79 Å². The molecular formula is C23H23N5O. The van der Waals surface area contributed by atoms with E-state index in [1.54, 1.807) is 0 Å². The van der Waals surface area contributed by atoms with E-state index in [0.717, 1.165) is 22.6 Å². The lowest BCUT2D eigenvalue weighted by Gasteiger charge is -2.23. The normalized spacial score (nSPS) is 15.6. The van der Waals surface area contributed by atoms with Gasteiger partial charge in [0.15, 0.2) is 0 Å². The minimum atomic E-state index is -0.269. The van der Waals surface area contributed by atoms with E-state index in [0.29, 0.717) is 32.4 Å². The zero-order valence-corrected chi connectivity index (χ0v) is 16.5. The van der Waals surface area contributed by atoms with E-state index in [-0.39, 0.29) is 11.8 Å². The summed E-state index contributed by atoms with van der Waals surface area (Å²) in [6.45, 7) is 3.08. The van der Waals surface area contributed by atoms with E-state index < -0.39 is 0 Å². The molecule has 0 spiro atoms. The summed E-state index contributed by atoms with van der Waals surface area (Å²) in [7, 11) is 0. The highest BCUT2D eigenvalue weighted by Gasteiger charge is 2.34. The Balaban J connectivity index is 1.69. The van der Waals surface area contributed by atoms with Gasteiger partial charge >= 0.3 is 0 Å². The molecule has 0 N–H and O–H groups in total. The molecule has 29 heavy (non-hydrogen) atoms. The van der Waals surface area contributed by atoms with E-state index in [2.05, 4.69) is 17.2 Å². The van der Waals surface area contributed by atoms with E-state index in [4.69, 9.17) is 10.5 Å². The Morgan fingerprint density at radius 1 is 1.00 bits per heavy atom. The quantitative estimate of drug-likeness (QED) is 0.690. The van der Waals surface area contributed by atoms with Crippen molar-refractivity contribution >= 4 is 23.0 Å². The van der Waals surface area contributed by atoms with Crippen LogP contribution in [0.2, 0.25) is 0 Å². The number of carbonyl (C=O) groups excluding carboxylic acids is 1. The van der Waals surface area contributed by atoms with Crippen molar-refractivity contribution in [1.29, 1.82) is 10.5 Å². The van der Waals surface area contributed by atoms with E-state index in [1.165, 1.54) is 5.01 Å². The topological polar surface area (TPSA) is 83.5 Å². The van der Waals surface area contributed by atoms with Gasteiger partial charge < -0.3 is 4.90 Å². The van der Waals surface area contributed by atoms with Crippen LogP contribution in [-0.4, -0.2) is 24.7 Å². The van der Waals surface area contributed by atoms with Gasteiger partial charge in [0.25, 0.3) is 5.91 Å². The minimum absolute atomic E-state index is 0.0116. The summed E-state index contributed by atoms with van der Waals surface area (Å²) in [5, 5.41) is 23.7. The molecule has 0 bridgehead atoms. The van der Waals surface area contributed by atoms with E-state index in [1.807, 2.05) is 66.4 Å². The first-order valence-corrected chi connectivity index (χ1v) is 9.66. The Labute approximate surface area is 171 Å². The Hall–Kier alpha value is -3.64. The van der Waals surface area contributed by atoms with Gasteiger partial charge in [0.1, 0.15) is 0 Å². The molecule has 1 amide bonds. The van der Waals surface area contributed by atoms with E-state index >= 15 is 0 Å². The number of carbonyl (C=O) groups is 1. The van der Waals surface area contributed by atoms with Crippen LogP contribution >= 0.6 is 0 Å². The van der Waals surface area contributed by atoms with Crippen molar-refractivity contribution in [3.05, 3.63) is 60.2 Å². The van der Waals surface area contributed by atoms with Crippen molar-refractivity contribution in [3.8, 4) is 12.1 Å². The zero-order valence-electron chi connectivity index (χ0n) is 16.5. The zero-order chi connectivity index (χ0) is 20.6. The lowest BCUT2D eigenvalue weighted by molar-refractivity contribution is -0.119. The Morgan fingerprint density at radius 3 is 2.21 bits per heavy atom. The third-order valence-electron chi connectivity index (χ3n) is 5.00. The molecule has 0 saturated carbocycles. The van der Waals surface area contributed by atoms with Crippen molar-refractivity contribution in [1.82, 2.24) is 0 Å². The molecule has 6 nitrogen and oxygen atoms in total. The highest BCUT2D eigenvalue weighted by atomic mass is 16.2. The summed E-state index contributed by atoms with van der Waals surface area (Å²) in [4.78, 5) is 14.9. The molecule has 2 aromatic rings. The number of para-hydroxylation sites is 1. The van der Waals surface area contributed by atoms with Crippen molar-refractivity contribution in [2.75, 3.05) is 23.0 Å². The van der Waals surface area contributed by atoms with Crippen molar-refractivity contribution in [2.45, 2.75) is 26.2 Å². The Morgan fingerprint density at radius 2 is 1.62 bits per heavy atom.